The molecule has 1 heterocycles. The van der Waals surface area contributed by atoms with Gasteiger partial charge in [-0.2, -0.15) is 0 Å². The first-order chi connectivity index (χ1) is 9.21. The van der Waals surface area contributed by atoms with Gasteiger partial charge in [-0.15, -0.1) is 12.4 Å². The molecule has 3 rings (SSSR count). The van der Waals surface area contributed by atoms with Crippen LogP contribution in [0, 0.1) is 5.82 Å². The number of carbonyl (C=O) groups excluding carboxylic acids is 1. The maximum absolute atomic E-state index is 13.4. The molecule has 1 aliphatic heterocycles. The third-order valence-electron chi connectivity index (χ3n) is 4.41. The smallest absolute Gasteiger partial charge is 0.230 e. The minimum atomic E-state index is -0.495. The van der Waals surface area contributed by atoms with Gasteiger partial charge in [0.15, 0.2) is 0 Å². The van der Waals surface area contributed by atoms with Crippen LogP contribution in [-0.2, 0) is 10.2 Å². The molecule has 1 saturated carbocycles. The number of amides is 1. The minimum Gasteiger partial charge on any atom is -0.351 e. The maximum Gasteiger partial charge on any atom is 0.230 e. The lowest BCUT2D eigenvalue weighted by atomic mass is 9.63. The summed E-state index contributed by atoms with van der Waals surface area (Å²) >= 11 is 0. The lowest BCUT2D eigenvalue weighted by Gasteiger charge is -2.41. The fourth-order valence-electron chi connectivity index (χ4n) is 3.06. The van der Waals surface area contributed by atoms with Crippen LogP contribution in [0.25, 0.3) is 0 Å². The Balaban J connectivity index is 0.00000147. The van der Waals surface area contributed by atoms with Crippen molar-refractivity contribution in [2.75, 3.05) is 13.1 Å². The van der Waals surface area contributed by atoms with E-state index in [0.29, 0.717) is 0 Å². The quantitative estimate of drug-likeness (QED) is 0.898. The van der Waals surface area contributed by atoms with Crippen molar-refractivity contribution in [2.45, 2.75) is 37.1 Å². The molecule has 1 unspecified atom stereocenters. The summed E-state index contributed by atoms with van der Waals surface area (Å²) in [5.41, 5.74) is 0.326. The number of hydrogen-bond acceptors (Lipinski definition) is 2. The number of rotatable bonds is 3. The van der Waals surface area contributed by atoms with Gasteiger partial charge in [0.25, 0.3) is 0 Å². The van der Waals surface area contributed by atoms with Gasteiger partial charge in [0.2, 0.25) is 5.91 Å². The lowest BCUT2D eigenvalue weighted by molar-refractivity contribution is -0.130. The average Bonchev–Trinajstić information content (AvgIpc) is 2.80. The standard InChI is InChI=1S/C15H19FN2O.ClH/c16-12-4-1-3-11(9-12)15(6-2-7-15)14(19)18-13-5-8-17-10-13;/h1,3-4,9,13,17H,2,5-8,10H2,(H,18,19);1H. The highest BCUT2D eigenvalue weighted by Crippen LogP contribution is 2.44. The van der Waals surface area contributed by atoms with Gasteiger partial charge in [-0.3, -0.25) is 4.79 Å². The molecular weight excluding hydrogens is 279 g/mol. The molecule has 1 atom stereocenters. The van der Waals surface area contributed by atoms with E-state index >= 15 is 0 Å². The summed E-state index contributed by atoms with van der Waals surface area (Å²) in [5.74, 6) is -0.197. The molecule has 0 aromatic heterocycles. The Morgan fingerprint density at radius 1 is 1.40 bits per heavy atom. The second-order valence-corrected chi connectivity index (χ2v) is 5.61. The van der Waals surface area contributed by atoms with Crippen molar-refractivity contribution in [2.24, 2.45) is 0 Å². The first-order valence-corrected chi connectivity index (χ1v) is 6.98. The fourth-order valence-corrected chi connectivity index (χ4v) is 3.06. The van der Waals surface area contributed by atoms with Crippen LogP contribution in [0.4, 0.5) is 4.39 Å². The van der Waals surface area contributed by atoms with Crippen molar-refractivity contribution in [3.63, 3.8) is 0 Å². The lowest BCUT2D eigenvalue weighted by Crippen LogP contribution is -2.52. The Bertz CT molecular complexity index is 485. The molecule has 20 heavy (non-hydrogen) atoms. The zero-order valence-corrected chi connectivity index (χ0v) is 12.1. The van der Waals surface area contributed by atoms with E-state index in [1.54, 1.807) is 6.07 Å². The van der Waals surface area contributed by atoms with Crippen molar-refractivity contribution >= 4 is 18.3 Å². The summed E-state index contributed by atoms with van der Waals surface area (Å²) < 4.78 is 13.4. The van der Waals surface area contributed by atoms with Crippen LogP contribution in [0.1, 0.15) is 31.2 Å². The fraction of sp³-hybridized carbons (Fsp3) is 0.533. The van der Waals surface area contributed by atoms with Crippen LogP contribution in [0.2, 0.25) is 0 Å². The van der Waals surface area contributed by atoms with E-state index in [1.807, 2.05) is 6.07 Å². The molecule has 0 bridgehead atoms. The van der Waals surface area contributed by atoms with Crippen molar-refractivity contribution < 1.29 is 9.18 Å². The normalized spacial score (nSPS) is 23.6. The van der Waals surface area contributed by atoms with E-state index in [9.17, 15) is 9.18 Å². The van der Waals surface area contributed by atoms with Gasteiger partial charge in [-0.05, 0) is 43.5 Å². The molecule has 0 spiro atoms. The molecule has 5 heteroatoms. The number of benzene rings is 1. The minimum absolute atomic E-state index is 0. The van der Waals surface area contributed by atoms with Crippen LogP contribution < -0.4 is 10.6 Å². The maximum atomic E-state index is 13.4. The molecule has 1 aromatic rings. The van der Waals surface area contributed by atoms with Gasteiger partial charge < -0.3 is 10.6 Å². The monoisotopic (exact) mass is 298 g/mol. The Labute approximate surface area is 124 Å². The first-order valence-electron chi connectivity index (χ1n) is 6.98. The molecule has 1 saturated heterocycles. The van der Waals surface area contributed by atoms with Gasteiger partial charge in [-0.25, -0.2) is 4.39 Å². The van der Waals surface area contributed by atoms with Crippen LogP contribution in [0.15, 0.2) is 24.3 Å². The van der Waals surface area contributed by atoms with Gasteiger partial charge in [0.1, 0.15) is 5.82 Å². The van der Waals surface area contributed by atoms with Crippen molar-refractivity contribution in [1.82, 2.24) is 10.6 Å². The number of halogens is 2. The molecule has 3 nitrogen and oxygen atoms in total. The second-order valence-electron chi connectivity index (χ2n) is 5.61. The summed E-state index contributed by atoms with van der Waals surface area (Å²) in [4.78, 5) is 12.6. The van der Waals surface area contributed by atoms with Crippen LogP contribution in [0.3, 0.4) is 0 Å². The number of hydrogen-bond donors (Lipinski definition) is 2. The predicted molar refractivity (Wildman–Crippen MR) is 78.6 cm³/mol. The highest BCUT2D eigenvalue weighted by atomic mass is 35.5. The molecule has 1 aliphatic carbocycles. The van der Waals surface area contributed by atoms with E-state index in [2.05, 4.69) is 10.6 Å². The third kappa shape index (κ3) is 2.67. The van der Waals surface area contributed by atoms with E-state index in [-0.39, 0.29) is 30.2 Å². The van der Waals surface area contributed by atoms with Gasteiger partial charge >= 0.3 is 0 Å². The highest BCUT2D eigenvalue weighted by Gasteiger charge is 2.46. The van der Waals surface area contributed by atoms with E-state index in [4.69, 9.17) is 0 Å². The van der Waals surface area contributed by atoms with Gasteiger partial charge in [0, 0.05) is 12.6 Å². The van der Waals surface area contributed by atoms with Crippen LogP contribution in [0.5, 0.6) is 0 Å². The summed E-state index contributed by atoms with van der Waals surface area (Å²) in [6.07, 6.45) is 3.66. The first kappa shape index (κ1) is 15.3. The molecule has 2 aliphatic rings. The van der Waals surface area contributed by atoms with Crippen molar-refractivity contribution in [3.05, 3.63) is 35.6 Å². The van der Waals surface area contributed by atoms with Gasteiger partial charge in [0.05, 0.1) is 5.41 Å². The SMILES string of the molecule is Cl.O=C(NC1CCNC1)C1(c2cccc(F)c2)CCC1. The molecule has 110 valence electrons. The summed E-state index contributed by atoms with van der Waals surface area (Å²) in [6.45, 7) is 1.79. The Hall–Kier alpha value is -1.13. The van der Waals surface area contributed by atoms with E-state index in [0.717, 1.165) is 44.3 Å². The molecule has 0 radical (unpaired) electrons. The molecule has 1 aromatic carbocycles. The highest BCUT2D eigenvalue weighted by molar-refractivity contribution is 5.89. The van der Waals surface area contributed by atoms with Crippen LogP contribution >= 0.6 is 12.4 Å². The van der Waals surface area contributed by atoms with Crippen molar-refractivity contribution in [3.8, 4) is 0 Å². The second kappa shape index (κ2) is 6.10. The number of carbonyl (C=O) groups is 1. The molecular formula is C15H20ClFN2O. The van der Waals surface area contributed by atoms with Gasteiger partial charge in [-0.1, -0.05) is 18.6 Å². The molecule has 1 amide bonds. The zero-order valence-electron chi connectivity index (χ0n) is 11.3. The topological polar surface area (TPSA) is 41.1 Å². The summed E-state index contributed by atoms with van der Waals surface area (Å²) in [7, 11) is 0. The molecule has 2 fully saturated rings. The Kier molecular flexibility index (Phi) is 4.66. The van der Waals surface area contributed by atoms with E-state index < -0.39 is 5.41 Å². The van der Waals surface area contributed by atoms with Crippen LogP contribution in [-0.4, -0.2) is 25.0 Å². The largest absolute Gasteiger partial charge is 0.351 e. The van der Waals surface area contributed by atoms with E-state index in [1.165, 1.54) is 12.1 Å². The third-order valence-corrected chi connectivity index (χ3v) is 4.41. The number of nitrogens with one attached hydrogen (secondary N) is 2. The summed E-state index contributed by atoms with van der Waals surface area (Å²) in [6, 6.07) is 6.71. The molecule has 2 N–H and O–H groups in total. The Morgan fingerprint density at radius 3 is 2.75 bits per heavy atom. The average molecular weight is 299 g/mol. The summed E-state index contributed by atoms with van der Waals surface area (Å²) in [5, 5.41) is 6.36. The predicted octanol–water partition coefficient (Wildman–Crippen LogP) is 2.15. The Morgan fingerprint density at radius 2 is 2.20 bits per heavy atom. The zero-order chi connectivity index (χ0) is 13.3. The van der Waals surface area contributed by atoms with Crippen molar-refractivity contribution in [1.29, 1.82) is 0 Å².